The van der Waals surface area contributed by atoms with Crippen LogP contribution < -0.4 is 14.4 Å². The third-order valence-corrected chi connectivity index (χ3v) is 7.25. The summed E-state index contributed by atoms with van der Waals surface area (Å²) in [5.74, 6) is -0.998. The van der Waals surface area contributed by atoms with Crippen LogP contribution in [-0.2, 0) is 19.6 Å². The van der Waals surface area contributed by atoms with Crippen molar-refractivity contribution >= 4 is 21.6 Å². The van der Waals surface area contributed by atoms with E-state index >= 15 is 0 Å². The third kappa shape index (κ3) is 4.42. The number of hydrogen-bond donors (Lipinski definition) is 2. The van der Waals surface area contributed by atoms with Crippen molar-refractivity contribution in [1.29, 1.82) is 0 Å². The van der Waals surface area contributed by atoms with E-state index in [1.54, 1.807) is 24.3 Å². The number of ether oxygens (including phenoxy) is 2. The number of anilines is 1. The Morgan fingerprint density at radius 2 is 1.94 bits per heavy atom. The van der Waals surface area contributed by atoms with Crippen molar-refractivity contribution in [2.45, 2.75) is 37.6 Å². The van der Waals surface area contributed by atoms with Crippen LogP contribution in [0.15, 0.2) is 36.4 Å². The van der Waals surface area contributed by atoms with Crippen molar-refractivity contribution in [3.8, 4) is 5.75 Å². The number of sulfonamides is 1. The molecule has 0 aliphatic carbocycles. The quantitative estimate of drug-likeness (QED) is 0.684. The predicted molar refractivity (Wildman–Crippen MR) is 120 cm³/mol. The van der Waals surface area contributed by atoms with E-state index in [0.717, 1.165) is 6.26 Å². The molecule has 2 aliphatic rings. The number of amides is 1. The highest BCUT2D eigenvalue weighted by molar-refractivity contribution is 7.92. The molecule has 1 amide bonds. The zero-order chi connectivity index (χ0) is 23.9. The summed E-state index contributed by atoms with van der Waals surface area (Å²) in [5, 5.41) is 12.0. The molecule has 0 bridgehead atoms. The molecule has 0 saturated heterocycles. The summed E-state index contributed by atoms with van der Waals surface area (Å²) >= 11 is 0. The monoisotopic (exact) mass is 478 g/mol. The van der Waals surface area contributed by atoms with Crippen molar-refractivity contribution in [2.75, 3.05) is 30.8 Å². The van der Waals surface area contributed by atoms with Crippen molar-refractivity contribution in [2.24, 2.45) is 0 Å². The molecule has 2 aliphatic heterocycles. The number of nitrogens with one attached hydrogen (secondary N) is 1. The van der Waals surface area contributed by atoms with Crippen LogP contribution in [0.4, 0.5) is 10.1 Å². The van der Waals surface area contributed by atoms with Gasteiger partial charge in [0.05, 0.1) is 30.7 Å². The average Bonchev–Trinajstić information content (AvgIpc) is 3.07. The molecular weight excluding hydrogens is 451 g/mol. The molecule has 0 fully saturated rings. The minimum atomic E-state index is -3.66. The molecule has 4 rings (SSSR count). The van der Waals surface area contributed by atoms with Crippen LogP contribution in [0.25, 0.3) is 0 Å². The Hall–Kier alpha value is -2.69. The number of hydrogen-bond acceptors (Lipinski definition) is 6. The fourth-order valence-electron chi connectivity index (χ4n) is 4.51. The van der Waals surface area contributed by atoms with Gasteiger partial charge in [-0.05, 0) is 37.1 Å². The molecule has 2 aromatic carbocycles. The predicted octanol–water partition coefficient (Wildman–Crippen LogP) is 2.40. The molecule has 8 nitrogen and oxygen atoms in total. The summed E-state index contributed by atoms with van der Waals surface area (Å²) in [6, 6.07) is 9.15. The maximum atomic E-state index is 13.5. The Morgan fingerprint density at radius 3 is 2.55 bits per heavy atom. The lowest BCUT2D eigenvalue weighted by atomic mass is 9.88. The van der Waals surface area contributed by atoms with Crippen molar-refractivity contribution in [3.05, 3.63) is 58.9 Å². The highest BCUT2D eigenvalue weighted by atomic mass is 32.2. The van der Waals surface area contributed by atoms with Gasteiger partial charge in [0.1, 0.15) is 23.6 Å². The Balaban J connectivity index is 1.84. The Morgan fingerprint density at radius 1 is 1.24 bits per heavy atom. The van der Waals surface area contributed by atoms with Crippen LogP contribution >= 0.6 is 0 Å². The van der Waals surface area contributed by atoms with E-state index in [1.165, 1.54) is 23.5 Å². The lowest BCUT2D eigenvalue weighted by Crippen LogP contribution is -2.37. The molecule has 4 atom stereocenters. The van der Waals surface area contributed by atoms with Gasteiger partial charge in [0.25, 0.3) is 0 Å². The molecule has 10 heteroatoms. The Labute approximate surface area is 192 Å². The number of aliphatic hydroxyl groups is 1. The second kappa shape index (κ2) is 8.92. The number of halogens is 1. The molecule has 0 saturated carbocycles. The SMILES string of the molecule is CNC(=O)C1c2cc3c(cc2OC1c1ccc(F)cc1)N(S(C)(=O)=O)C[C@H](CCO)O[C@H]3C. The zero-order valence-corrected chi connectivity index (χ0v) is 19.4. The molecule has 2 N–H and O–H groups in total. The molecule has 0 aromatic heterocycles. The smallest absolute Gasteiger partial charge is 0.232 e. The molecule has 33 heavy (non-hydrogen) atoms. The van der Waals surface area contributed by atoms with Crippen LogP contribution in [0.2, 0.25) is 0 Å². The number of aliphatic hydroxyl groups excluding tert-OH is 1. The highest BCUT2D eigenvalue weighted by Gasteiger charge is 2.42. The highest BCUT2D eigenvalue weighted by Crippen LogP contribution is 2.50. The summed E-state index contributed by atoms with van der Waals surface area (Å²) in [4.78, 5) is 12.9. The molecule has 2 aromatic rings. The lowest BCUT2D eigenvalue weighted by molar-refractivity contribution is -0.123. The van der Waals surface area contributed by atoms with E-state index in [2.05, 4.69) is 5.32 Å². The minimum Gasteiger partial charge on any atom is -0.484 e. The molecule has 0 radical (unpaired) electrons. The third-order valence-electron chi connectivity index (χ3n) is 6.10. The van der Waals surface area contributed by atoms with Crippen molar-refractivity contribution in [3.63, 3.8) is 0 Å². The van der Waals surface area contributed by atoms with Gasteiger partial charge in [-0.1, -0.05) is 12.1 Å². The second-order valence-corrected chi connectivity index (χ2v) is 10.2. The Kier molecular flexibility index (Phi) is 6.35. The van der Waals surface area contributed by atoms with Crippen molar-refractivity contribution in [1.82, 2.24) is 5.32 Å². The first-order chi connectivity index (χ1) is 15.6. The summed E-state index contributed by atoms with van der Waals surface area (Å²) in [7, 11) is -2.13. The fraction of sp³-hybridized carbons (Fsp3) is 0.435. The van der Waals surface area contributed by atoms with Crippen LogP contribution in [0.3, 0.4) is 0 Å². The molecule has 2 unspecified atom stereocenters. The Bertz CT molecular complexity index is 1150. The maximum Gasteiger partial charge on any atom is 0.232 e. The largest absolute Gasteiger partial charge is 0.484 e. The molecule has 0 spiro atoms. The standard InChI is InChI=1S/C23H27FN2O6S/c1-13-17-10-18-20(11-19(17)26(33(3,29)30)12-16(31-13)8-9-27)32-22(21(18)23(28)25-2)14-4-6-15(24)7-5-14/h4-7,10-11,13,16,21-22,27H,8-9,12H2,1-3H3,(H,25,28)/t13-,16-,21?,22?/m0/s1. The number of fused-ring (bicyclic) bond motifs is 2. The van der Waals surface area contributed by atoms with Gasteiger partial charge < -0.3 is 19.9 Å². The van der Waals surface area contributed by atoms with Gasteiger partial charge in [0.2, 0.25) is 15.9 Å². The maximum absolute atomic E-state index is 13.5. The lowest BCUT2D eigenvalue weighted by Gasteiger charge is -2.25. The van der Waals surface area contributed by atoms with E-state index in [4.69, 9.17) is 9.47 Å². The number of rotatable bonds is 5. The van der Waals surface area contributed by atoms with Crippen LogP contribution in [0, 0.1) is 5.82 Å². The second-order valence-electron chi connectivity index (χ2n) is 8.34. The van der Waals surface area contributed by atoms with E-state index < -0.39 is 40.1 Å². The number of likely N-dealkylation sites (N-methyl/N-ethyl adjacent to an activating group) is 1. The first kappa shape index (κ1) is 23.5. The average molecular weight is 479 g/mol. The summed E-state index contributed by atoms with van der Waals surface area (Å²) < 4.78 is 52.3. The van der Waals surface area contributed by atoms with Gasteiger partial charge in [0, 0.05) is 30.8 Å². The minimum absolute atomic E-state index is 0.0514. The van der Waals surface area contributed by atoms with E-state index in [1.807, 2.05) is 6.92 Å². The van der Waals surface area contributed by atoms with E-state index in [9.17, 15) is 22.7 Å². The van der Waals surface area contributed by atoms with Crippen molar-refractivity contribution < 1.29 is 32.2 Å². The number of carbonyl (C=O) groups excluding carboxylic acids is 1. The van der Waals surface area contributed by atoms with E-state index in [0.29, 0.717) is 28.1 Å². The van der Waals surface area contributed by atoms with Gasteiger partial charge >= 0.3 is 0 Å². The molecule has 178 valence electrons. The number of nitrogens with zero attached hydrogens (tertiary/aromatic N) is 1. The van der Waals surface area contributed by atoms with Gasteiger partial charge in [-0.15, -0.1) is 0 Å². The zero-order valence-electron chi connectivity index (χ0n) is 18.6. The molecular formula is C23H27FN2O6S. The topological polar surface area (TPSA) is 105 Å². The van der Waals surface area contributed by atoms with Gasteiger partial charge in [-0.3, -0.25) is 9.10 Å². The van der Waals surface area contributed by atoms with Crippen LogP contribution in [-0.4, -0.2) is 52.0 Å². The normalized spacial score (nSPS) is 24.5. The van der Waals surface area contributed by atoms with E-state index in [-0.39, 0.29) is 25.5 Å². The molecule has 2 heterocycles. The number of benzene rings is 2. The first-order valence-corrected chi connectivity index (χ1v) is 12.5. The van der Waals surface area contributed by atoms with Crippen LogP contribution in [0.1, 0.15) is 48.2 Å². The van der Waals surface area contributed by atoms with Gasteiger partial charge in [-0.25, -0.2) is 12.8 Å². The van der Waals surface area contributed by atoms with Gasteiger partial charge in [0.15, 0.2) is 0 Å². The summed E-state index contributed by atoms with van der Waals surface area (Å²) in [6.45, 7) is 1.72. The van der Waals surface area contributed by atoms with Crippen LogP contribution in [0.5, 0.6) is 5.75 Å². The fourth-order valence-corrected chi connectivity index (χ4v) is 5.46. The van der Waals surface area contributed by atoms with Gasteiger partial charge in [-0.2, -0.15) is 0 Å². The number of carbonyl (C=O) groups is 1. The summed E-state index contributed by atoms with van der Waals surface area (Å²) in [6.07, 6.45) is -0.274. The summed E-state index contributed by atoms with van der Waals surface area (Å²) in [5.41, 5.74) is 2.26. The first-order valence-electron chi connectivity index (χ1n) is 10.7.